The molecule has 1 saturated heterocycles. The molecule has 0 aliphatic carbocycles. The number of carbonyl (C=O) groups is 2. The summed E-state index contributed by atoms with van der Waals surface area (Å²) in [5.74, 6) is 0.470. The molecule has 1 aliphatic heterocycles. The Labute approximate surface area is 152 Å². The molecule has 8 heteroatoms. The van der Waals surface area contributed by atoms with Crippen LogP contribution in [0.4, 0.5) is 5.82 Å². The van der Waals surface area contributed by atoms with Gasteiger partial charge in [-0.3, -0.25) is 14.3 Å². The predicted octanol–water partition coefficient (Wildman–Crippen LogP) is 0.814. The Kier molecular flexibility index (Phi) is 5.50. The van der Waals surface area contributed by atoms with Crippen molar-refractivity contribution < 1.29 is 9.59 Å². The molecule has 2 aromatic rings. The van der Waals surface area contributed by atoms with E-state index in [-0.39, 0.29) is 5.91 Å². The van der Waals surface area contributed by atoms with Gasteiger partial charge in [-0.2, -0.15) is 5.10 Å². The van der Waals surface area contributed by atoms with Crippen LogP contribution in [0.2, 0.25) is 0 Å². The van der Waals surface area contributed by atoms with Gasteiger partial charge in [0.05, 0.1) is 11.8 Å². The number of hydrogen-bond acceptors (Lipinski definition) is 5. The standard InChI is InChI=1S/C18H24N6O2/c1-14-11-21-24(13-14)8-5-17(25)23-7-2-6-22(9-10-23)16-4-3-15(12-20-16)18(19)26/h3-4,11-13H,2,5-10H2,1H3,(H2,19,26). The first-order valence-corrected chi connectivity index (χ1v) is 8.80. The maximum atomic E-state index is 12.5. The van der Waals surface area contributed by atoms with Crippen LogP contribution in [0.5, 0.6) is 0 Å². The molecule has 1 aliphatic rings. The summed E-state index contributed by atoms with van der Waals surface area (Å²) in [6, 6.07) is 3.49. The molecule has 2 aromatic heterocycles. The van der Waals surface area contributed by atoms with Crippen molar-refractivity contribution in [3.05, 3.63) is 41.9 Å². The smallest absolute Gasteiger partial charge is 0.250 e. The Bertz CT molecular complexity index is 770. The molecule has 0 spiro atoms. The van der Waals surface area contributed by atoms with E-state index in [1.165, 1.54) is 6.20 Å². The van der Waals surface area contributed by atoms with E-state index in [0.29, 0.717) is 25.1 Å². The molecular formula is C18H24N6O2. The molecule has 1 fully saturated rings. The van der Waals surface area contributed by atoms with Gasteiger partial charge in [-0.05, 0) is 31.0 Å². The summed E-state index contributed by atoms with van der Waals surface area (Å²) in [6.07, 6.45) is 6.57. The zero-order valence-electron chi connectivity index (χ0n) is 15.0. The molecule has 26 heavy (non-hydrogen) atoms. The monoisotopic (exact) mass is 356 g/mol. The Morgan fingerprint density at radius 3 is 2.65 bits per heavy atom. The highest BCUT2D eigenvalue weighted by Crippen LogP contribution is 2.15. The SMILES string of the molecule is Cc1cnn(CCC(=O)N2CCCN(c3ccc(C(N)=O)cn3)CC2)c1. The van der Waals surface area contributed by atoms with E-state index >= 15 is 0 Å². The van der Waals surface area contributed by atoms with E-state index < -0.39 is 5.91 Å². The average molecular weight is 356 g/mol. The fraction of sp³-hybridized carbons (Fsp3) is 0.444. The lowest BCUT2D eigenvalue weighted by Gasteiger charge is -2.23. The number of nitrogens with zero attached hydrogens (tertiary/aromatic N) is 5. The van der Waals surface area contributed by atoms with Crippen LogP contribution in [0.3, 0.4) is 0 Å². The molecule has 2 amide bonds. The van der Waals surface area contributed by atoms with Crippen molar-refractivity contribution in [3.63, 3.8) is 0 Å². The molecule has 2 N–H and O–H groups in total. The lowest BCUT2D eigenvalue weighted by Crippen LogP contribution is -2.35. The normalized spacial score (nSPS) is 15.0. The summed E-state index contributed by atoms with van der Waals surface area (Å²) >= 11 is 0. The number of rotatable bonds is 5. The van der Waals surface area contributed by atoms with E-state index in [0.717, 1.165) is 37.4 Å². The third-order valence-electron chi connectivity index (χ3n) is 4.52. The molecule has 0 saturated carbocycles. The van der Waals surface area contributed by atoms with Crippen molar-refractivity contribution in [1.29, 1.82) is 0 Å². The highest BCUT2D eigenvalue weighted by molar-refractivity contribution is 5.92. The highest BCUT2D eigenvalue weighted by atomic mass is 16.2. The predicted molar refractivity (Wildman–Crippen MR) is 97.7 cm³/mol. The Hall–Kier alpha value is -2.90. The lowest BCUT2D eigenvalue weighted by atomic mass is 10.2. The van der Waals surface area contributed by atoms with E-state index in [4.69, 9.17) is 5.73 Å². The maximum Gasteiger partial charge on any atom is 0.250 e. The average Bonchev–Trinajstić information content (AvgIpc) is 2.91. The summed E-state index contributed by atoms with van der Waals surface area (Å²) in [6.45, 7) is 5.53. The third-order valence-corrected chi connectivity index (χ3v) is 4.52. The van der Waals surface area contributed by atoms with Crippen molar-refractivity contribution in [2.75, 3.05) is 31.1 Å². The van der Waals surface area contributed by atoms with E-state index in [1.54, 1.807) is 18.3 Å². The number of anilines is 1. The van der Waals surface area contributed by atoms with Crippen LogP contribution in [-0.2, 0) is 11.3 Å². The maximum absolute atomic E-state index is 12.5. The largest absolute Gasteiger partial charge is 0.366 e. The molecule has 0 bridgehead atoms. The van der Waals surface area contributed by atoms with E-state index in [9.17, 15) is 9.59 Å². The number of amides is 2. The molecular weight excluding hydrogens is 332 g/mol. The van der Waals surface area contributed by atoms with Gasteiger partial charge in [-0.1, -0.05) is 0 Å². The fourth-order valence-electron chi connectivity index (χ4n) is 3.07. The highest BCUT2D eigenvalue weighted by Gasteiger charge is 2.20. The van der Waals surface area contributed by atoms with Gasteiger partial charge in [-0.15, -0.1) is 0 Å². The van der Waals surface area contributed by atoms with Gasteiger partial charge in [0.25, 0.3) is 0 Å². The number of primary amides is 1. The van der Waals surface area contributed by atoms with E-state index in [1.807, 2.05) is 22.7 Å². The molecule has 0 aromatic carbocycles. The molecule has 0 radical (unpaired) electrons. The molecule has 3 rings (SSSR count). The minimum Gasteiger partial charge on any atom is -0.366 e. The van der Waals surface area contributed by atoms with Crippen molar-refractivity contribution >= 4 is 17.6 Å². The number of nitrogens with two attached hydrogens (primary N) is 1. The first kappa shape index (κ1) is 17.9. The van der Waals surface area contributed by atoms with Crippen LogP contribution in [0, 0.1) is 6.92 Å². The minimum atomic E-state index is -0.482. The van der Waals surface area contributed by atoms with Crippen molar-refractivity contribution in [2.24, 2.45) is 5.73 Å². The van der Waals surface area contributed by atoms with Gasteiger partial charge in [0.15, 0.2) is 0 Å². The first-order chi connectivity index (χ1) is 12.5. The summed E-state index contributed by atoms with van der Waals surface area (Å²) < 4.78 is 1.81. The second kappa shape index (κ2) is 7.99. The molecule has 0 atom stereocenters. The molecule has 3 heterocycles. The van der Waals surface area contributed by atoms with Crippen molar-refractivity contribution in [2.45, 2.75) is 26.3 Å². The summed E-state index contributed by atoms with van der Waals surface area (Å²) in [5.41, 5.74) is 6.74. The second-order valence-electron chi connectivity index (χ2n) is 6.52. The van der Waals surface area contributed by atoms with Crippen molar-refractivity contribution in [3.8, 4) is 0 Å². The van der Waals surface area contributed by atoms with Gasteiger partial charge < -0.3 is 15.5 Å². The first-order valence-electron chi connectivity index (χ1n) is 8.80. The van der Waals surface area contributed by atoms with E-state index in [2.05, 4.69) is 15.0 Å². The minimum absolute atomic E-state index is 0.150. The zero-order chi connectivity index (χ0) is 18.5. The molecule has 0 unspecified atom stereocenters. The van der Waals surface area contributed by atoms with Gasteiger partial charge in [-0.25, -0.2) is 4.98 Å². The Morgan fingerprint density at radius 1 is 1.15 bits per heavy atom. The summed E-state index contributed by atoms with van der Waals surface area (Å²) in [5, 5.41) is 4.22. The Morgan fingerprint density at radius 2 is 2.00 bits per heavy atom. The van der Waals surface area contributed by atoms with Crippen LogP contribution >= 0.6 is 0 Å². The second-order valence-corrected chi connectivity index (χ2v) is 6.52. The molecule has 8 nitrogen and oxygen atoms in total. The van der Waals surface area contributed by atoms with Gasteiger partial charge in [0.2, 0.25) is 11.8 Å². The lowest BCUT2D eigenvalue weighted by molar-refractivity contribution is -0.131. The van der Waals surface area contributed by atoms with Crippen LogP contribution in [0.25, 0.3) is 0 Å². The fourth-order valence-corrected chi connectivity index (χ4v) is 3.07. The Balaban J connectivity index is 1.53. The van der Waals surface area contributed by atoms with Gasteiger partial charge in [0.1, 0.15) is 5.82 Å². The van der Waals surface area contributed by atoms with Crippen LogP contribution in [0.1, 0.15) is 28.8 Å². The van der Waals surface area contributed by atoms with Crippen LogP contribution in [-0.4, -0.2) is 57.7 Å². The third kappa shape index (κ3) is 4.38. The summed E-state index contributed by atoms with van der Waals surface area (Å²) in [7, 11) is 0. The van der Waals surface area contributed by atoms with Gasteiger partial charge >= 0.3 is 0 Å². The molecule has 138 valence electrons. The number of pyridine rings is 1. The zero-order valence-corrected chi connectivity index (χ0v) is 15.0. The van der Waals surface area contributed by atoms with Crippen LogP contribution in [0.15, 0.2) is 30.7 Å². The summed E-state index contributed by atoms with van der Waals surface area (Å²) in [4.78, 5) is 32.0. The number of aromatic nitrogens is 3. The quantitative estimate of drug-likeness (QED) is 0.855. The topological polar surface area (TPSA) is 97.4 Å². The van der Waals surface area contributed by atoms with Crippen LogP contribution < -0.4 is 10.6 Å². The number of aryl methyl sites for hydroxylation is 2. The van der Waals surface area contributed by atoms with Gasteiger partial charge in [0, 0.05) is 51.5 Å². The number of hydrogen-bond donors (Lipinski definition) is 1. The number of carbonyl (C=O) groups excluding carboxylic acids is 2. The van der Waals surface area contributed by atoms with Crippen molar-refractivity contribution in [1.82, 2.24) is 19.7 Å².